The fraction of sp³-hybridized carbons (Fsp3) is 0.300. The third-order valence-corrected chi connectivity index (χ3v) is 4.67. The molecule has 2 aromatic rings. The second kappa shape index (κ2) is 6.97. The lowest BCUT2D eigenvalue weighted by Crippen LogP contribution is -2.41. The van der Waals surface area contributed by atoms with Gasteiger partial charge in [-0.2, -0.15) is 0 Å². The largest absolute Gasteiger partial charge is 0.497 e. The van der Waals surface area contributed by atoms with Crippen LogP contribution >= 0.6 is 0 Å². The van der Waals surface area contributed by atoms with Crippen LogP contribution in [0.25, 0.3) is 0 Å². The first-order valence-corrected chi connectivity index (χ1v) is 8.33. The van der Waals surface area contributed by atoms with Crippen LogP contribution in [0.2, 0.25) is 0 Å². The molecule has 1 atom stereocenters. The van der Waals surface area contributed by atoms with Gasteiger partial charge in [-0.3, -0.25) is 9.59 Å². The van der Waals surface area contributed by atoms with Gasteiger partial charge in [-0.25, -0.2) is 0 Å². The highest BCUT2D eigenvalue weighted by atomic mass is 16.5. The molecule has 1 heterocycles. The molecule has 25 heavy (non-hydrogen) atoms. The summed E-state index contributed by atoms with van der Waals surface area (Å²) in [7, 11) is 1.58. The molecule has 130 valence electrons. The third-order valence-electron chi connectivity index (χ3n) is 4.67. The van der Waals surface area contributed by atoms with Crippen LogP contribution in [-0.4, -0.2) is 31.5 Å². The molecule has 0 aromatic heterocycles. The highest BCUT2D eigenvalue weighted by molar-refractivity contribution is 6.04. The summed E-state index contributed by atoms with van der Waals surface area (Å²) in [6.45, 7) is 4.68. The number of ether oxygens (including phenoxy) is 1. The van der Waals surface area contributed by atoms with Gasteiger partial charge in [0.05, 0.1) is 7.11 Å². The summed E-state index contributed by atoms with van der Waals surface area (Å²) in [6.07, 6.45) is 0.605. The molecule has 0 spiro atoms. The minimum absolute atomic E-state index is 0.0647. The van der Waals surface area contributed by atoms with Gasteiger partial charge in [0, 0.05) is 17.8 Å². The number of amides is 2. The summed E-state index contributed by atoms with van der Waals surface area (Å²) in [5, 5.41) is 2.84. The van der Waals surface area contributed by atoms with E-state index in [1.54, 1.807) is 36.3 Å². The number of benzene rings is 2. The molecule has 0 saturated carbocycles. The van der Waals surface area contributed by atoms with Crippen LogP contribution < -0.4 is 15.0 Å². The molecule has 2 aromatic carbocycles. The van der Waals surface area contributed by atoms with Gasteiger partial charge in [-0.1, -0.05) is 6.07 Å². The van der Waals surface area contributed by atoms with Crippen LogP contribution in [0.15, 0.2) is 42.5 Å². The second-order valence-electron chi connectivity index (χ2n) is 6.30. The molecule has 0 aliphatic carbocycles. The molecule has 1 aliphatic heterocycles. The van der Waals surface area contributed by atoms with Crippen molar-refractivity contribution in [3.63, 3.8) is 0 Å². The van der Waals surface area contributed by atoms with Gasteiger partial charge in [0.25, 0.3) is 5.91 Å². The van der Waals surface area contributed by atoms with Gasteiger partial charge >= 0.3 is 0 Å². The Morgan fingerprint density at radius 1 is 1.12 bits per heavy atom. The first kappa shape index (κ1) is 17.0. The van der Waals surface area contributed by atoms with Crippen molar-refractivity contribution in [1.82, 2.24) is 5.32 Å². The van der Waals surface area contributed by atoms with Crippen molar-refractivity contribution in [3.05, 3.63) is 59.2 Å². The van der Waals surface area contributed by atoms with Gasteiger partial charge in [0.1, 0.15) is 11.8 Å². The molecule has 1 unspecified atom stereocenters. The lowest BCUT2D eigenvalue weighted by atomic mass is 10.1. The van der Waals surface area contributed by atoms with E-state index in [1.807, 2.05) is 32.0 Å². The van der Waals surface area contributed by atoms with Gasteiger partial charge < -0.3 is 15.0 Å². The van der Waals surface area contributed by atoms with Crippen molar-refractivity contribution in [1.29, 1.82) is 0 Å². The average molecular weight is 338 g/mol. The molecular weight excluding hydrogens is 316 g/mol. The van der Waals surface area contributed by atoms with Crippen LogP contribution in [0.5, 0.6) is 5.75 Å². The zero-order chi connectivity index (χ0) is 18.0. The van der Waals surface area contributed by atoms with Crippen molar-refractivity contribution >= 4 is 17.5 Å². The summed E-state index contributed by atoms with van der Waals surface area (Å²) in [5.74, 6) is 0.377. The maximum Gasteiger partial charge on any atom is 0.251 e. The van der Waals surface area contributed by atoms with E-state index in [0.29, 0.717) is 24.3 Å². The quantitative estimate of drug-likeness (QED) is 0.932. The Bertz CT molecular complexity index is 799. The molecule has 5 nitrogen and oxygen atoms in total. The summed E-state index contributed by atoms with van der Waals surface area (Å²) in [5.41, 5.74) is 3.74. The average Bonchev–Trinajstić information content (AvgIpc) is 2.98. The molecule has 2 amide bonds. The first-order chi connectivity index (χ1) is 12.0. The van der Waals surface area contributed by atoms with E-state index in [2.05, 4.69) is 5.32 Å². The molecule has 3 rings (SSSR count). The summed E-state index contributed by atoms with van der Waals surface area (Å²) < 4.78 is 5.09. The number of aryl methyl sites for hydroxylation is 2. The van der Waals surface area contributed by atoms with Crippen LogP contribution in [0, 0.1) is 13.8 Å². The molecule has 0 bridgehead atoms. The lowest BCUT2D eigenvalue weighted by Gasteiger charge is -2.18. The molecule has 1 aliphatic rings. The van der Waals surface area contributed by atoms with E-state index in [0.717, 1.165) is 11.3 Å². The molecule has 5 heteroatoms. The van der Waals surface area contributed by atoms with Crippen molar-refractivity contribution in [2.24, 2.45) is 0 Å². The highest BCUT2D eigenvalue weighted by Gasteiger charge is 2.33. The summed E-state index contributed by atoms with van der Waals surface area (Å²) in [6, 6.07) is 12.3. The number of rotatable bonds is 4. The zero-order valence-corrected chi connectivity index (χ0v) is 14.7. The van der Waals surface area contributed by atoms with Crippen LogP contribution in [0.4, 0.5) is 5.69 Å². The lowest BCUT2D eigenvalue weighted by molar-refractivity contribution is -0.118. The Morgan fingerprint density at radius 2 is 1.84 bits per heavy atom. The van der Waals surface area contributed by atoms with E-state index < -0.39 is 6.04 Å². The van der Waals surface area contributed by atoms with Gasteiger partial charge in [-0.15, -0.1) is 0 Å². The predicted molar refractivity (Wildman–Crippen MR) is 97.1 cm³/mol. The van der Waals surface area contributed by atoms with Crippen molar-refractivity contribution in [2.75, 3.05) is 18.6 Å². The number of nitrogens with zero attached hydrogens (tertiary/aromatic N) is 1. The van der Waals surface area contributed by atoms with E-state index >= 15 is 0 Å². The van der Waals surface area contributed by atoms with Crippen molar-refractivity contribution < 1.29 is 14.3 Å². The third kappa shape index (κ3) is 3.50. The zero-order valence-electron chi connectivity index (χ0n) is 14.7. The SMILES string of the molecule is COc1ccc(C(=O)NC2CCN(c3ccc(C)c(C)c3)C2=O)cc1. The van der Waals surface area contributed by atoms with Crippen molar-refractivity contribution in [2.45, 2.75) is 26.3 Å². The maximum absolute atomic E-state index is 12.7. The Morgan fingerprint density at radius 3 is 2.48 bits per heavy atom. The van der Waals surface area contributed by atoms with Gasteiger partial charge in [0.15, 0.2) is 0 Å². The van der Waals surface area contributed by atoms with Crippen LogP contribution in [0.1, 0.15) is 27.9 Å². The predicted octanol–water partition coefficient (Wildman–Crippen LogP) is 2.85. The number of carbonyl (C=O) groups excluding carboxylic acids is 2. The standard InChI is InChI=1S/C20H22N2O3/c1-13-4-7-16(12-14(13)2)22-11-10-18(20(22)24)21-19(23)15-5-8-17(25-3)9-6-15/h4-9,12,18H,10-11H2,1-3H3,(H,21,23). The van der Waals surface area contributed by atoms with Crippen LogP contribution in [0.3, 0.4) is 0 Å². The Hall–Kier alpha value is -2.82. The number of hydrogen-bond donors (Lipinski definition) is 1. The summed E-state index contributed by atoms with van der Waals surface area (Å²) >= 11 is 0. The van der Waals surface area contributed by atoms with Crippen LogP contribution in [-0.2, 0) is 4.79 Å². The monoisotopic (exact) mass is 338 g/mol. The van der Waals surface area contributed by atoms with Gasteiger partial charge in [0.2, 0.25) is 5.91 Å². The number of carbonyl (C=O) groups is 2. The molecule has 0 radical (unpaired) electrons. The molecule has 1 N–H and O–H groups in total. The number of anilines is 1. The highest BCUT2D eigenvalue weighted by Crippen LogP contribution is 2.24. The fourth-order valence-corrected chi connectivity index (χ4v) is 2.95. The van der Waals surface area contributed by atoms with E-state index in [9.17, 15) is 9.59 Å². The first-order valence-electron chi connectivity index (χ1n) is 8.33. The molecular formula is C20H22N2O3. The van der Waals surface area contributed by atoms with E-state index in [-0.39, 0.29) is 11.8 Å². The second-order valence-corrected chi connectivity index (χ2v) is 6.30. The topological polar surface area (TPSA) is 58.6 Å². The Balaban J connectivity index is 1.68. The normalized spacial score (nSPS) is 16.8. The smallest absolute Gasteiger partial charge is 0.251 e. The number of methoxy groups -OCH3 is 1. The molecule has 1 saturated heterocycles. The minimum Gasteiger partial charge on any atom is -0.497 e. The number of hydrogen-bond acceptors (Lipinski definition) is 3. The van der Waals surface area contributed by atoms with E-state index in [4.69, 9.17) is 4.74 Å². The summed E-state index contributed by atoms with van der Waals surface area (Å²) in [4.78, 5) is 26.8. The minimum atomic E-state index is -0.490. The van der Waals surface area contributed by atoms with Gasteiger partial charge in [-0.05, 0) is 67.8 Å². The number of nitrogens with one attached hydrogen (secondary N) is 1. The molecule has 1 fully saturated rings. The van der Waals surface area contributed by atoms with E-state index in [1.165, 1.54) is 5.56 Å². The maximum atomic E-state index is 12.7. The Kier molecular flexibility index (Phi) is 4.74. The Labute approximate surface area is 147 Å². The van der Waals surface area contributed by atoms with Crippen molar-refractivity contribution in [3.8, 4) is 5.75 Å². The fourth-order valence-electron chi connectivity index (χ4n) is 2.95.